The Morgan fingerprint density at radius 3 is 2.62 bits per heavy atom. The Kier molecular flexibility index (Phi) is 3.93. The average Bonchev–Trinajstić information content (AvgIpc) is 2.36. The van der Waals surface area contributed by atoms with Crippen LogP contribution >= 0.6 is 28.3 Å². The molecule has 0 aromatic heterocycles. The minimum atomic E-state index is 0. The molecule has 0 fully saturated rings. The maximum Gasteiger partial charge on any atom is 0.133 e. The van der Waals surface area contributed by atoms with E-state index in [1.165, 1.54) is 11.1 Å². The molecule has 1 aromatic rings. The zero-order valence-electron chi connectivity index (χ0n) is 9.71. The minimum Gasteiger partial charge on any atom is -0.496 e. The summed E-state index contributed by atoms with van der Waals surface area (Å²) in [5.41, 5.74) is 8.93. The van der Waals surface area contributed by atoms with Gasteiger partial charge in [0.15, 0.2) is 0 Å². The summed E-state index contributed by atoms with van der Waals surface area (Å²) in [4.78, 5) is 0. The Morgan fingerprint density at radius 1 is 1.44 bits per heavy atom. The van der Waals surface area contributed by atoms with Crippen molar-refractivity contribution in [3.63, 3.8) is 0 Å². The van der Waals surface area contributed by atoms with Crippen LogP contribution in [-0.4, -0.2) is 7.11 Å². The van der Waals surface area contributed by atoms with Crippen molar-refractivity contribution in [2.75, 3.05) is 7.11 Å². The Labute approximate surface area is 111 Å². The molecule has 1 aliphatic carbocycles. The lowest BCUT2D eigenvalue weighted by molar-refractivity contribution is 0.318. The summed E-state index contributed by atoms with van der Waals surface area (Å²) in [7, 11) is 1.68. The molecule has 1 aliphatic rings. The fourth-order valence-corrected chi connectivity index (χ4v) is 2.78. The summed E-state index contributed by atoms with van der Waals surface area (Å²) < 4.78 is 6.29. The van der Waals surface area contributed by atoms with E-state index in [4.69, 9.17) is 10.5 Å². The smallest absolute Gasteiger partial charge is 0.133 e. The van der Waals surface area contributed by atoms with Crippen molar-refractivity contribution in [3.8, 4) is 5.75 Å². The second-order valence-corrected chi connectivity index (χ2v) is 5.68. The van der Waals surface area contributed by atoms with Crippen LogP contribution in [0.2, 0.25) is 0 Å². The van der Waals surface area contributed by atoms with Crippen molar-refractivity contribution < 1.29 is 4.74 Å². The van der Waals surface area contributed by atoms with Gasteiger partial charge in [-0.05, 0) is 51.0 Å². The van der Waals surface area contributed by atoms with E-state index in [0.29, 0.717) is 0 Å². The number of hydrogen-bond donors (Lipinski definition) is 1. The van der Waals surface area contributed by atoms with Crippen molar-refractivity contribution in [2.45, 2.75) is 26.3 Å². The quantitative estimate of drug-likeness (QED) is 0.862. The van der Waals surface area contributed by atoms with Crippen molar-refractivity contribution >= 4 is 28.3 Å². The van der Waals surface area contributed by atoms with Crippen LogP contribution in [0.3, 0.4) is 0 Å². The third-order valence-corrected chi connectivity index (χ3v) is 3.86. The highest BCUT2D eigenvalue weighted by atomic mass is 79.9. The molecule has 1 aromatic carbocycles. The van der Waals surface area contributed by atoms with Gasteiger partial charge in [-0.25, -0.2) is 0 Å². The summed E-state index contributed by atoms with van der Waals surface area (Å²) in [6, 6.07) is 4.29. The first-order valence-electron chi connectivity index (χ1n) is 5.07. The normalized spacial score (nSPS) is 21.2. The van der Waals surface area contributed by atoms with Gasteiger partial charge in [-0.15, -0.1) is 12.4 Å². The Bertz CT molecular complexity index is 406. The van der Waals surface area contributed by atoms with E-state index in [1.807, 2.05) is 0 Å². The fraction of sp³-hybridized carbons (Fsp3) is 0.500. The third kappa shape index (κ3) is 2.08. The van der Waals surface area contributed by atoms with Gasteiger partial charge in [-0.2, -0.15) is 0 Å². The van der Waals surface area contributed by atoms with Gasteiger partial charge in [0.1, 0.15) is 5.75 Å². The Morgan fingerprint density at radius 2 is 2.06 bits per heavy atom. The highest BCUT2D eigenvalue weighted by molar-refractivity contribution is 9.10. The summed E-state index contributed by atoms with van der Waals surface area (Å²) in [5.74, 6) is 0.863. The molecular weight excluding hydrogens is 289 g/mol. The molecule has 1 atom stereocenters. The van der Waals surface area contributed by atoms with Crippen LogP contribution in [0.15, 0.2) is 16.6 Å². The van der Waals surface area contributed by atoms with Crippen molar-refractivity contribution in [1.29, 1.82) is 0 Å². The summed E-state index contributed by atoms with van der Waals surface area (Å²) in [6.07, 6.45) is 1.03. The van der Waals surface area contributed by atoms with Crippen LogP contribution in [0, 0.1) is 5.41 Å². The average molecular weight is 307 g/mol. The summed E-state index contributed by atoms with van der Waals surface area (Å²) in [6.45, 7) is 4.41. The number of rotatable bonds is 1. The van der Waals surface area contributed by atoms with Crippen LogP contribution in [0.1, 0.15) is 31.0 Å². The molecule has 0 heterocycles. The lowest BCUT2D eigenvalue weighted by Gasteiger charge is -2.23. The lowest BCUT2D eigenvalue weighted by Crippen LogP contribution is -2.24. The third-order valence-electron chi connectivity index (χ3n) is 3.24. The molecule has 0 saturated carbocycles. The van der Waals surface area contributed by atoms with Crippen LogP contribution in [0.4, 0.5) is 0 Å². The SMILES string of the molecule is COc1cc2c(cc1Br)CC(C)(C)C2N.Cl. The van der Waals surface area contributed by atoms with Gasteiger partial charge in [0.2, 0.25) is 0 Å². The van der Waals surface area contributed by atoms with E-state index in [1.54, 1.807) is 7.11 Å². The number of benzene rings is 1. The van der Waals surface area contributed by atoms with Crippen molar-refractivity contribution in [3.05, 3.63) is 27.7 Å². The van der Waals surface area contributed by atoms with Crippen molar-refractivity contribution in [1.82, 2.24) is 0 Å². The molecule has 2 rings (SSSR count). The van der Waals surface area contributed by atoms with Gasteiger partial charge >= 0.3 is 0 Å². The second-order valence-electron chi connectivity index (χ2n) is 4.83. The Balaban J connectivity index is 0.00000128. The molecule has 1 unspecified atom stereocenters. The standard InChI is InChI=1S/C12H16BrNO.ClH/c1-12(2)6-7-4-9(13)10(15-3)5-8(7)11(12)14;/h4-5,11H,6,14H2,1-3H3;1H. The minimum absolute atomic E-state index is 0. The highest BCUT2D eigenvalue weighted by Crippen LogP contribution is 2.46. The number of halogens is 2. The predicted molar refractivity (Wildman–Crippen MR) is 72.4 cm³/mol. The first-order valence-corrected chi connectivity index (χ1v) is 5.87. The van der Waals surface area contributed by atoms with Crippen LogP contribution in [-0.2, 0) is 6.42 Å². The first-order chi connectivity index (χ1) is 6.95. The van der Waals surface area contributed by atoms with E-state index >= 15 is 0 Å². The lowest BCUT2D eigenvalue weighted by atomic mass is 9.86. The molecule has 0 amide bonds. The van der Waals surface area contributed by atoms with Gasteiger partial charge in [-0.3, -0.25) is 0 Å². The zero-order valence-corrected chi connectivity index (χ0v) is 12.1. The van der Waals surface area contributed by atoms with Gasteiger partial charge in [0.05, 0.1) is 11.6 Å². The summed E-state index contributed by atoms with van der Waals surface area (Å²) >= 11 is 3.50. The van der Waals surface area contributed by atoms with Crippen molar-refractivity contribution in [2.24, 2.45) is 11.1 Å². The van der Waals surface area contributed by atoms with E-state index < -0.39 is 0 Å². The number of nitrogens with two attached hydrogens (primary N) is 1. The molecule has 0 saturated heterocycles. The van der Waals surface area contributed by atoms with E-state index in [2.05, 4.69) is 41.9 Å². The maximum atomic E-state index is 6.23. The van der Waals surface area contributed by atoms with Crippen LogP contribution in [0.25, 0.3) is 0 Å². The maximum absolute atomic E-state index is 6.23. The largest absolute Gasteiger partial charge is 0.496 e. The molecule has 16 heavy (non-hydrogen) atoms. The summed E-state index contributed by atoms with van der Waals surface area (Å²) in [5, 5.41) is 0. The van der Waals surface area contributed by atoms with E-state index in [-0.39, 0.29) is 23.9 Å². The number of fused-ring (bicyclic) bond motifs is 1. The number of methoxy groups -OCH3 is 1. The fourth-order valence-electron chi connectivity index (χ4n) is 2.23. The van der Waals surface area contributed by atoms with Gasteiger partial charge in [-0.1, -0.05) is 13.8 Å². The topological polar surface area (TPSA) is 35.2 Å². The van der Waals surface area contributed by atoms with Crippen LogP contribution in [0.5, 0.6) is 5.75 Å². The first kappa shape index (κ1) is 13.8. The van der Waals surface area contributed by atoms with E-state index in [0.717, 1.165) is 16.6 Å². The van der Waals surface area contributed by atoms with Gasteiger partial charge < -0.3 is 10.5 Å². The monoisotopic (exact) mass is 305 g/mol. The predicted octanol–water partition coefficient (Wildman–Crippen LogP) is 3.46. The molecule has 0 radical (unpaired) electrons. The Hall–Kier alpha value is -0.250. The van der Waals surface area contributed by atoms with Crippen LogP contribution < -0.4 is 10.5 Å². The molecule has 0 spiro atoms. The highest BCUT2D eigenvalue weighted by Gasteiger charge is 2.36. The van der Waals surface area contributed by atoms with E-state index in [9.17, 15) is 0 Å². The molecular formula is C12H17BrClNO. The van der Waals surface area contributed by atoms with Gasteiger partial charge in [0, 0.05) is 6.04 Å². The molecule has 90 valence electrons. The zero-order chi connectivity index (χ0) is 11.2. The molecule has 2 nitrogen and oxygen atoms in total. The molecule has 2 N–H and O–H groups in total. The number of ether oxygens (including phenoxy) is 1. The molecule has 0 aliphatic heterocycles. The van der Waals surface area contributed by atoms with Gasteiger partial charge in [0.25, 0.3) is 0 Å². The molecule has 0 bridgehead atoms. The number of hydrogen-bond acceptors (Lipinski definition) is 2. The second kappa shape index (κ2) is 4.55. The molecule has 4 heteroatoms.